The maximum Gasteiger partial charge on any atom is 0.323 e. The van der Waals surface area contributed by atoms with Crippen molar-refractivity contribution in [2.24, 2.45) is 0 Å². The minimum atomic E-state index is -3.88. The topological polar surface area (TPSA) is 127 Å². The van der Waals surface area contributed by atoms with Gasteiger partial charge in [-0.2, -0.15) is 0 Å². The molecule has 0 atom stereocenters. The lowest BCUT2D eigenvalue weighted by Crippen LogP contribution is -2.14. The zero-order chi connectivity index (χ0) is 22.9. The van der Waals surface area contributed by atoms with Gasteiger partial charge in [-0.3, -0.25) is 9.52 Å². The lowest BCUT2D eigenvalue weighted by atomic mass is 10.2. The fraction of sp³-hybridized carbons (Fsp3) is 0.0909. The number of sulfonamides is 1. The minimum absolute atomic E-state index is 0.00300. The summed E-state index contributed by atoms with van der Waals surface area (Å²) in [5.41, 5.74) is 2.86. The molecule has 3 aromatic carbocycles. The van der Waals surface area contributed by atoms with E-state index in [0.29, 0.717) is 28.0 Å². The van der Waals surface area contributed by atoms with E-state index in [9.17, 15) is 18.0 Å². The predicted molar refractivity (Wildman–Crippen MR) is 125 cm³/mol. The molecule has 0 aliphatic heterocycles. The van der Waals surface area contributed by atoms with E-state index in [2.05, 4.69) is 20.0 Å². The third-order valence-electron chi connectivity index (χ3n) is 4.84. The highest BCUT2D eigenvalue weighted by Crippen LogP contribution is 2.20. The molecule has 0 bridgehead atoms. The lowest BCUT2D eigenvalue weighted by Gasteiger charge is -2.13. The third-order valence-corrected chi connectivity index (χ3v) is 6.22. The Balaban J connectivity index is 1.46. The standard InChI is InChI=1S/C22H21N5O4S/c1-27(2)17-9-7-15(8-10-17)23-21(28)14-3-5-16(6-4-14)26-32(30,31)18-11-12-19-20(13-18)25-22(29)24-19/h3-13,26H,1-2H3,(H,23,28)(H2,24,25,29). The van der Waals surface area contributed by atoms with Crippen molar-refractivity contribution < 1.29 is 13.2 Å². The highest BCUT2D eigenvalue weighted by atomic mass is 32.2. The average molecular weight is 452 g/mol. The van der Waals surface area contributed by atoms with Gasteiger partial charge in [0.15, 0.2) is 0 Å². The van der Waals surface area contributed by atoms with Crippen molar-refractivity contribution >= 4 is 44.0 Å². The molecule has 0 unspecified atom stereocenters. The number of amides is 1. The zero-order valence-corrected chi connectivity index (χ0v) is 18.2. The molecule has 10 heteroatoms. The second kappa shape index (κ2) is 8.23. The highest BCUT2D eigenvalue weighted by molar-refractivity contribution is 7.92. The Morgan fingerprint density at radius 2 is 1.47 bits per heavy atom. The van der Waals surface area contributed by atoms with E-state index < -0.39 is 15.7 Å². The molecule has 9 nitrogen and oxygen atoms in total. The van der Waals surface area contributed by atoms with Crippen molar-refractivity contribution in [2.75, 3.05) is 29.0 Å². The number of fused-ring (bicyclic) bond motifs is 1. The number of hydrogen-bond donors (Lipinski definition) is 4. The van der Waals surface area contributed by atoms with Gasteiger partial charge in [-0.15, -0.1) is 0 Å². The number of carbonyl (C=O) groups excluding carboxylic acids is 1. The van der Waals surface area contributed by atoms with Gasteiger partial charge in [0.25, 0.3) is 15.9 Å². The molecule has 0 saturated carbocycles. The fourth-order valence-corrected chi connectivity index (χ4v) is 4.21. The lowest BCUT2D eigenvalue weighted by molar-refractivity contribution is 0.102. The normalized spacial score (nSPS) is 11.3. The molecule has 0 aliphatic rings. The number of anilines is 3. The Labute approximate surface area is 184 Å². The van der Waals surface area contributed by atoms with Gasteiger partial charge >= 0.3 is 5.69 Å². The molecule has 0 fully saturated rings. The number of imidazole rings is 1. The number of hydrogen-bond acceptors (Lipinski definition) is 5. The van der Waals surface area contributed by atoms with Crippen molar-refractivity contribution in [3.63, 3.8) is 0 Å². The van der Waals surface area contributed by atoms with Crippen LogP contribution in [0.5, 0.6) is 0 Å². The van der Waals surface area contributed by atoms with Gasteiger partial charge in [0.1, 0.15) is 0 Å². The molecule has 4 rings (SSSR count). The molecule has 164 valence electrons. The van der Waals surface area contributed by atoms with E-state index in [1.807, 2.05) is 43.3 Å². The Morgan fingerprint density at radius 3 is 2.12 bits per heavy atom. The number of benzene rings is 3. The fourth-order valence-electron chi connectivity index (χ4n) is 3.13. The van der Waals surface area contributed by atoms with Crippen LogP contribution in [0.4, 0.5) is 17.1 Å². The molecule has 1 heterocycles. The van der Waals surface area contributed by atoms with E-state index in [0.717, 1.165) is 5.69 Å². The van der Waals surface area contributed by atoms with E-state index in [1.54, 1.807) is 0 Å². The van der Waals surface area contributed by atoms with Crippen LogP contribution in [0.2, 0.25) is 0 Å². The van der Waals surface area contributed by atoms with Crippen molar-refractivity contribution in [3.8, 4) is 0 Å². The summed E-state index contributed by atoms with van der Waals surface area (Å²) >= 11 is 0. The number of aromatic amines is 2. The van der Waals surface area contributed by atoms with E-state index in [1.165, 1.54) is 42.5 Å². The predicted octanol–water partition coefficient (Wildman–Crippen LogP) is 2.98. The number of nitrogens with zero attached hydrogens (tertiary/aromatic N) is 1. The van der Waals surface area contributed by atoms with Crippen molar-refractivity contribution in [1.82, 2.24) is 9.97 Å². The summed E-state index contributed by atoms with van der Waals surface area (Å²) in [6, 6.07) is 17.8. The first-order valence-electron chi connectivity index (χ1n) is 9.65. The van der Waals surface area contributed by atoms with E-state index >= 15 is 0 Å². The molecule has 0 radical (unpaired) electrons. The summed E-state index contributed by atoms with van der Waals surface area (Å²) in [5, 5.41) is 2.81. The minimum Gasteiger partial charge on any atom is -0.378 e. The Hall–Kier alpha value is -4.05. The van der Waals surface area contributed by atoms with Crippen LogP contribution >= 0.6 is 0 Å². The summed E-state index contributed by atoms with van der Waals surface area (Å²) in [4.78, 5) is 30.9. The maximum atomic E-state index is 12.7. The van der Waals surface area contributed by atoms with E-state index in [-0.39, 0.29) is 10.8 Å². The second-order valence-corrected chi connectivity index (χ2v) is 9.05. The van der Waals surface area contributed by atoms with Crippen LogP contribution in [0.3, 0.4) is 0 Å². The van der Waals surface area contributed by atoms with Gasteiger partial charge < -0.3 is 20.2 Å². The molecule has 1 amide bonds. The van der Waals surface area contributed by atoms with Crippen LogP contribution in [-0.2, 0) is 10.0 Å². The second-order valence-electron chi connectivity index (χ2n) is 7.36. The van der Waals surface area contributed by atoms with Gasteiger partial charge in [-0.25, -0.2) is 13.2 Å². The van der Waals surface area contributed by atoms with Crippen LogP contribution in [0.1, 0.15) is 10.4 Å². The zero-order valence-electron chi connectivity index (χ0n) is 17.3. The first-order chi connectivity index (χ1) is 15.2. The van der Waals surface area contributed by atoms with Crippen LogP contribution in [0.25, 0.3) is 11.0 Å². The summed E-state index contributed by atoms with van der Waals surface area (Å²) < 4.78 is 27.9. The summed E-state index contributed by atoms with van der Waals surface area (Å²) in [6.07, 6.45) is 0. The van der Waals surface area contributed by atoms with Crippen LogP contribution in [0.15, 0.2) is 76.4 Å². The molecule has 0 saturated heterocycles. The highest BCUT2D eigenvalue weighted by Gasteiger charge is 2.16. The molecular weight excluding hydrogens is 430 g/mol. The SMILES string of the molecule is CN(C)c1ccc(NC(=O)c2ccc(NS(=O)(=O)c3ccc4[nH]c(=O)[nH]c4c3)cc2)cc1. The molecule has 32 heavy (non-hydrogen) atoms. The number of H-pyrrole nitrogens is 2. The number of carbonyl (C=O) groups is 1. The monoisotopic (exact) mass is 451 g/mol. The maximum absolute atomic E-state index is 12.7. The van der Waals surface area contributed by atoms with Gasteiger partial charge in [-0.05, 0) is 66.7 Å². The first-order valence-corrected chi connectivity index (χ1v) is 11.1. The third kappa shape index (κ3) is 4.49. The van der Waals surface area contributed by atoms with Crippen LogP contribution in [0, 0.1) is 0 Å². The molecule has 4 aromatic rings. The summed E-state index contributed by atoms with van der Waals surface area (Å²) in [6.45, 7) is 0. The number of rotatable bonds is 6. The molecular formula is C22H21N5O4S. The summed E-state index contributed by atoms with van der Waals surface area (Å²) in [5.74, 6) is -0.307. The van der Waals surface area contributed by atoms with E-state index in [4.69, 9.17) is 0 Å². The molecule has 4 N–H and O–H groups in total. The van der Waals surface area contributed by atoms with Crippen LogP contribution in [-0.4, -0.2) is 38.4 Å². The van der Waals surface area contributed by atoms with Gasteiger partial charge in [-0.1, -0.05) is 0 Å². The first kappa shape index (κ1) is 21.2. The molecule has 0 spiro atoms. The van der Waals surface area contributed by atoms with Gasteiger partial charge in [0.2, 0.25) is 0 Å². The van der Waals surface area contributed by atoms with Crippen molar-refractivity contribution in [1.29, 1.82) is 0 Å². The van der Waals surface area contributed by atoms with Crippen molar-refractivity contribution in [3.05, 3.63) is 82.8 Å². The number of nitrogens with one attached hydrogen (secondary N) is 4. The molecule has 0 aliphatic carbocycles. The molecule has 1 aromatic heterocycles. The van der Waals surface area contributed by atoms with Gasteiger partial charge in [0.05, 0.1) is 15.9 Å². The largest absolute Gasteiger partial charge is 0.378 e. The Bertz CT molecular complexity index is 1440. The smallest absolute Gasteiger partial charge is 0.323 e. The Kier molecular flexibility index (Phi) is 5.45. The quantitative estimate of drug-likeness (QED) is 0.358. The van der Waals surface area contributed by atoms with Crippen LogP contribution < -0.4 is 20.6 Å². The summed E-state index contributed by atoms with van der Waals surface area (Å²) in [7, 11) is -0.0122. The van der Waals surface area contributed by atoms with Gasteiger partial charge in [0, 0.05) is 36.7 Å². The number of aromatic nitrogens is 2. The van der Waals surface area contributed by atoms with Crippen molar-refractivity contribution in [2.45, 2.75) is 4.90 Å². The average Bonchev–Trinajstić information content (AvgIpc) is 3.13. The Morgan fingerprint density at radius 1 is 0.844 bits per heavy atom.